The zero-order valence-corrected chi connectivity index (χ0v) is 8.35. The van der Waals surface area contributed by atoms with Crippen LogP contribution in [0.1, 0.15) is 20.8 Å². The highest BCUT2D eigenvalue weighted by molar-refractivity contribution is 5.74. The summed E-state index contributed by atoms with van der Waals surface area (Å²) < 4.78 is 0. The second-order valence-electron chi connectivity index (χ2n) is 4.63. The van der Waals surface area contributed by atoms with Crippen LogP contribution in [-0.2, 0) is 0 Å². The summed E-state index contributed by atoms with van der Waals surface area (Å²) in [5.74, 6) is 0.556. The molecule has 1 fully saturated rings. The standard InChI is InChI=1S/C9H18N2O/c1-9(2,3)7-5-10-8(12)11(4)6-7/h7H,5-6H2,1-4H3,(H,10,12). The number of rotatable bonds is 0. The van der Waals surface area contributed by atoms with Crippen molar-refractivity contribution in [2.75, 3.05) is 20.1 Å². The van der Waals surface area contributed by atoms with Crippen molar-refractivity contribution in [3.8, 4) is 0 Å². The van der Waals surface area contributed by atoms with Crippen LogP contribution in [0.5, 0.6) is 0 Å². The largest absolute Gasteiger partial charge is 0.338 e. The fraction of sp³-hybridized carbons (Fsp3) is 0.889. The normalized spacial score (nSPS) is 25.5. The van der Waals surface area contributed by atoms with E-state index in [1.54, 1.807) is 4.90 Å². The molecule has 1 unspecified atom stereocenters. The smallest absolute Gasteiger partial charge is 0.317 e. The van der Waals surface area contributed by atoms with E-state index in [2.05, 4.69) is 26.1 Å². The first-order chi connectivity index (χ1) is 5.41. The highest BCUT2D eigenvalue weighted by Crippen LogP contribution is 2.27. The van der Waals surface area contributed by atoms with Gasteiger partial charge in [-0.1, -0.05) is 20.8 Å². The second-order valence-corrected chi connectivity index (χ2v) is 4.63. The number of nitrogens with one attached hydrogen (secondary N) is 1. The fourth-order valence-electron chi connectivity index (χ4n) is 1.40. The molecular formula is C9H18N2O. The predicted octanol–water partition coefficient (Wildman–Crippen LogP) is 1.30. The van der Waals surface area contributed by atoms with E-state index in [1.807, 2.05) is 7.05 Å². The van der Waals surface area contributed by atoms with Crippen LogP contribution in [0.3, 0.4) is 0 Å². The van der Waals surface area contributed by atoms with Gasteiger partial charge in [0.2, 0.25) is 0 Å². The summed E-state index contributed by atoms with van der Waals surface area (Å²) in [7, 11) is 1.84. The molecule has 2 amide bonds. The molecule has 3 nitrogen and oxygen atoms in total. The molecule has 3 heteroatoms. The molecule has 1 rings (SSSR count). The highest BCUT2D eigenvalue weighted by Gasteiger charge is 2.30. The van der Waals surface area contributed by atoms with Gasteiger partial charge in [0.05, 0.1) is 0 Å². The van der Waals surface area contributed by atoms with Crippen molar-refractivity contribution in [1.82, 2.24) is 10.2 Å². The first kappa shape index (κ1) is 9.36. The average molecular weight is 170 g/mol. The molecule has 0 saturated carbocycles. The number of carbonyl (C=O) groups is 1. The Bertz CT molecular complexity index is 183. The van der Waals surface area contributed by atoms with Crippen molar-refractivity contribution in [3.63, 3.8) is 0 Å². The Balaban J connectivity index is 2.57. The summed E-state index contributed by atoms with van der Waals surface area (Å²) >= 11 is 0. The molecule has 0 radical (unpaired) electrons. The van der Waals surface area contributed by atoms with Gasteiger partial charge in [-0.25, -0.2) is 4.79 Å². The van der Waals surface area contributed by atoms with E-state index in [9.17, 15) is 4.79 Å². The average Bonchev–Trinajstić information content (AvgIpc) is 1.92. The topological polar surface area (TPSA) is 32.3 Å². The third kappa shape index (κ3) is 1.90. The van der Waals surface area contributed by atoms with E-state index in [4.69, 9.17) is 0 Å². The number of amides is 2. The Kier molecular flexibility index (Phi) is 2.31. The maximum absolute atomic E-state index is 11.1. The minimum absolute atomic E-state index is 0.0514. The van der Waals surface area contributed by atoms with Crippen molar-refractivity contribution in [2.45, 2.75) is 20.8 Å². The molecule has 0 aliphatic carbocycles. The van der Waals surface area contributed by atoms with Gasteiger partial charge in [-0.3, -0.25) is 0 Å². The molecule has 70 valence electrons. The number of carbonyl (C=O) groups excluding carboxylic acids is 1. The molecule has 0 bridgehead atoms. The first-order valence-corrected chi connectivity index (χ1v) is 4.40. The summed E-state index contributed by atoms with van der Waals surface area (Å²) in [6.45, 7) is 8.32. The Labute approximate surface area is 74.1 Å². The zero-order valence-electron chi connectivity index (χ0n) is 8.35. The van der Waals surface area contributed by atoms with E-state index in [0.717, 1.165) is 13.1 Å². The molecule has 12 heavy (non-hydrogen) atoms. The van der Waals surface area contributed by atoms with Crippen LogP contribution in [0.2, 0.25) is 0 Å². The molecule has 1 aliphatic heterocycles. The Morgan fingerprint density at radius 1 is 1.50 bits per heavy atom. The lowest BCUT2D eigenvalue weighted by atomic mass is 9.80. The number of hydrogen-bond acceptors (Lipinski definition) is 1. The zero-order chi connectivity index (χ0) is 9.35. The monoisotopic (exact) mass is 170 g/mol. The van der Waals surface area contributed by atoms with Crippen molar-refractivity contribution in [1.29, 1.82) is 0 Å². The molecule has 1 heterocycles. The van der Waals surface area contributed by atoms with Crippen LogP contribution >= 0.6 is 0 Å². The minimum Gasteiger partial charge on any atom is -0.338 e. The van der Waals surface area contributed by atoms with Gasteiger partial charge in [0, 0.05) is 20.1 Å². The molecule has 0 aromatic carbocycles. The molecule has 1 atom stereocenters. The molecule has 1 aliphatic rings. The van der Waals surface area contributed by atoms with Gasteiger partial charge in [0.25, 0.3) is 0 Å². The SMILES string of the molecule is CN1CC(C(C)(C)C)CNC1=O. The quantitative estimate of drug-likeness (QED) is 0.584. The summed E-state index contributed by atoms with van der Waals surface area (Å²) in [5.41, 5.74) is 0.280. The van der Waals surface area contributed by atoms with Gasteiger partial charge in [-0.2, -0.15) is 0 Å². The highest BCUT2D eigenvalue weighted by atomic mass is 16.2. The van der Waals surface area contributed by atoms with Crippen LogP contribution in [0.4, 0.5) is 4.79 Å². The third-order valence-electron chi connectivity index (χ3n) is 2.57. The maximum Gasteiger partial charge on any atom is 0.317 e. The lowest BCUT2D eigenvalue weighted by Gasteiger charge is -2.38. The van der Waals surface area contributed by atoms with Crippen LogP contribution in [0.15, 0.2) is 0 Å². The van der Waals surface area contributed by atoms with Crippen LogP contribution in [0.25, 0.3) is 0 Å². The predicted molar refractivity (Wildman–Crippen MR) is 49.0 cm³/mol. The summed E-state index contributed by atoms with van der Waals surface area (Å²) in [6, 6.07) is 0.0514. The Morgan fingerprint density at radius 3 is 2.50 bits per heavy atom. The minimum atomic E-state index is 0.0514. The van der Waals surface area contributed by atoms with Crippen molar-refractivity contribution >= 4 is 6.03 Å². The Hall–Kier alpha value is -0.730. The van der Waals surface area contributed by atoms with Crippen LogP contribution < -0.4 is 5.32 Å². The number of urea groups is 1. The molecule has 1 saturated heterocycles. The number of hydrogen-bond donors (Lipinski definition) is 1. The van der Waals surface area contributed by atoms with Crippen LogP contribution in [-0.4, -0.2) is 31.1 Å². The van der Waals surface area contributed by atoms with Gasteiger partial charge in [0.1, 0.15) is 0 Å². The number of nitrogens with zero attached hydrogens (tertiary/aromatic N) is 1. The van der Waals surface area contributed by atoms with Gasteiger partial charge < -0.3 is 10.2 Å². The summed E-state index contributed by atoms with van der Waals surface area (Å²) in [6.07, 6.45) is 0. The fourth-order valence-corrected chi connectivity index (χ4v) is 1.40. The van der Waals surface area contributed by atoms with E-state index >= 15 is 0 Å². The van der Waals surface area contributed by atoms with Gasteiger partial charge in [0.15, 0.2) is 0 Å². The molecule has 1 N–H and O–H groups in total. The molecule has 0 aromatic heterocycles. The van der Waals surface area contributed by atoms with Crippen molar-refractivity contribution < 1.29 is 4.79 Å². The maximum atomic E-state index is 11.1. The lowest BCUT2D eigenvalue weighted by Crippen LogP contribution is -2.52. The summed E-state index contributed by atoms with van der Waals surface area (Å²) in [4.78, 5) is 12.8. The van der Waals surface area contributed by atoms with Gasteiger partial charge >= 0.3 is 6.03 Å². The van der Waals surface area contributed by atoms with Gasteiger partial charge in [-0.05, 0) is 11.3 Å². The van der Waals surface area contributed by atoms with Crippen molar-refractivity contribution in [2.24, 2.45) is 11.3 Å². The second kappa shape index (κ2) is 2.96. The molecule has 0 spiro atoms. The third-order valence-corrected chi connectivity index (χ3v) is 2.57. The molecule has 0 aromatic rings. The van der Waals surface area contributed by atoms with Crippen molar-refractivity contribution in [3.05, 3.63) is 0 Å². The van der Waals surface area contributed by atoms with Crippen LogP contribution in [0, 0.1) is 11.3 Å². The first-order valence-electron chi connectivity index (χ1n) is 4.40. The van der Waals surface area contributed by atoms with E-state index < -0.39 is 0 Å². The van der Waals surface area contributed by atoms with E-state index in [1.165, 1.54) is 0 Å². The van der Waals surface area contributed by atoms with E-state index in [-0.39, 0.29) is 11.4 Å². The molecular weight excluding hydrogens is 152 g/mol. The summed E-state index contributed by atoms with van der Waals surface area (Å²) in [5, 5.41) is 2.88. The van der Waals surface area contributed by atoms with E-state index in [0.29, 0.717) is 5.92 Å². The van der Waals surface area contributed by atoms with Gasteiger partial charge in [-0.15, -0.1) is 0 Å². The lowest BCUT2D eigenvalue weighted by molar-refractivity contribution is 0.135. The Morgan fingerprint density at radius 2 is 2.08 bits per heavy atom.